The number of allylic oxidation sites excluding steroid dienone is 1. The second-order valence-corrected chi connectivity index (χ2v) is 31.2. The van der Waals surface area contributed by atoms with E-state index < -0.39 is 42.4 Å². The number of hydrogen-bond donors (Lipinski definition) is 8. The number of ether oxygens (including phenoxy) is 4. The minimum Gasteiger partial charge on any atom is -0.460 e. The molecule has 0 aromatic heterocycles. The number of hydrogen-bond acceptors (Lipinski definition) is 21. The quantitative estimate of drug-likeness (QED) is 0.0148. The van der Waals surface area contributed by atoms with Crippen molar-refractivity contribution in [3.63, 3.8) is 0 Å². The monoisotopic (exact) mass is 1540 g/mol. The van der Waals surface area contributed by atoms with E-state index in [2.05, 4.69) is 36.9 Å². The smallest absolute Gasteiger partial charge is 0.407 e. The zero-order valence-electron chi connectivity index (χ0n) is 66.1. The number of halogens is 1. The molecule has 10 rings (SSSR count). The highest BCUT2D eigenvalue weighted by Crippen LogP contribution is 2.67. The van der Waals surface area contributed by atoms with Crippen molar-refractivity contribution in [1.29, 1.82) is 0 Å². The highest BCUT2D eigenvalue weighted by atomic mass is 35.5. The van der Waals surface area contributed by atoms with Gasteiger partial charge in [-0.2, -0.15) is 0 Å². The summed E-state index contributed by atoms with van der Waals surface area (Å²) in [4.78, 5) is 121. The lowest BCUT2D eigenvalue weighted by atomic mass is 9.47. The van der Waals surface area contributed by atoms with Crippen molar-refractivity contribution in [2.75, 3.05) is 85.3 Å². The van der Waals surface area contributed by atoms with E-state index in [-0.39, 0.29) is 160 Å². The molecule has 614 valence electrons. The fourth-order valence-electron chi connectivity index (χ4n) is 18.1. The molecule has 17 atom stereocenters. The molecule has 4 aliphatic carbocycles. The number of likely N-dealkylation sites (tertiary alicyclic amines) is 5. The molecule has 6 heterocycles. The number of aliphatic hydroxyl groups excluding tert-OH is 6. The fraction of sp³-hybridized carbons (Fsp3) is 0.848. The fourth-order valence-corrected chi connectivity index (χ4v) is 18.1. The number of nitrogens with zero attached hydrogens (tertiary/aromatic N) is 5. The summed E-state index contributed by atoms with van der Waals surface area (Å²) >= 11 is 0. The number of nitrogens with two attached hydrogens (primary N) is 1. The second-order valence-electron chi connectivity index (χ2n) is 31.2. The summed E-state index contributed by atoms with van der Waals surface area (Å²) in [5.41, 5.74) is 7.42. The molecule has 6 amide bonds. The third kappa shape index (κ3) is 26.9. The summed E-state index contributed by atoms with van der Waals surface area (Å²) in [6.45, 7) is 24.5. The Labute approximate surface area is 642 Å². The van der Waals surface area contributed by atoms with Crippen molar-refractivity contribution in [3.8, 4) is 0 Å². The number of esters is 3. The number of aliphatic hydroxyl groups is 6. The van der Waals surface area contributed by atoms with E-state index in [4.69, 9.17) is 30.2 Å². The molecule has 0 aromatic rings. The van der Waals surface area contributed by atoms with Crippen LogP contribution in [0.15, 0.2) is 11.6 Å². The van der Waals surface area contributed by atoms with Crippen molar-refractivity contribution >= 4 is 71.7 Å². The van der Waals surface area contributed by atoms with Gasteiger partial charge in [-0.3, -0.25) is 38.4 Å². The van der Waals surface area contributed by atoms with E-state index >= 15 is 0 Å². The molecule has 107 heavy (non-hydrogen) atoms. The average Bonchev–Trinajstić information content (AvgIpc) is 1.70. The SMILES string of the molecule is CCC(=O)N1CC[C@H](O)[C@@H]1CC.CCC(=O)N1CC[C@H](O)[C@@H]1CO.CCC(=O)N1C[C@@H](CC)[C@@H](OC(=O)CCC(C)=O)C1.CCCCCCCC[C@@H]1CCC2C3CC=C4CC(OC(=O)NCC(=O)N5C[C@@H](COCC)[C@@H](O)C5)CC[C@@]4(C)C3CC[C@]21C.Cl.NCC(=O)N1CC[C@H](O)[C@@H]1CO.O=C1CCC(=O)O1. The highest BCUT2D eigenvalue weighted by Gasteiger charge is 2.59. The minimum absolute atomic E-state index is 0. The molecule has 9 fully saturated rings. The van der Waals surface area contributed by atoms with E-state index in [1.165, 1.54) is 94.4 Å². The van der Waals surface area contributed by atoms with Gasteiger partial charge in [-0.05, 0) is 132 Å². The molecule has 10 aliphatic rings. The average molecular weight is 1540 g/mol. The lowest BCUT2D eigenvalue weighted by Crippen LogP contribution is -2.50. The Morgan fingerprint density at radius 3 is 1.70 bits per heavy atom. The number of alkyl carbamates (subject to hydrolysis) is 1. The van der Waals surface area contributed by atoms with Crippen LogP contribution in [0.4, 0.5) is 4.79 Å². The van der Waals surface area contributed by atoms with Gasteiger partial charge in [-0.25, -0.2) is 4.79 Å². The van der Waals surface area contributed by atoms with E-state index in [9.17, 15) is 68.4 Å². The van der Waals surface area contributed by atoms with Crippen molar-refractivity contribution in [2.45, 2.75) is 297 Å². The molecule has 27 nitrogen and oxygen atoms in total. The van der Waals surface area contributed by atoms with Crippen LogP contribution in [-0.4, -0.2) is 255 Å². The number of cyclic esters (lactones) is 2. The number of Topliss-reactive ketones (excluding diaryl/α,β-unsaturated/α-hetero) is 1. The van der Waals surface area contributed by atoms with Crippen molar-refractivity contribution in [1.82, 2.24) is 29.8 Å². The minimum atomic E-state index is -0.606. The van der Waals surface area contributed by atoms with E-state index in [1.54, 1.807) is 21.6 Å². The first-order valence-corrected chi connectivity index (χ1v) is 40.3. The maximum absolute atomic E-state index is 12.7. The van der Waals surface area contributed by atoms with Gasteiger partial charge in [0, 0.05) is 89.8 Å². The number of amides is 6. The first kappa shape index (κ1) is 94.0. The number of unbranched alkanes of at least 4 members (excludes halogenated alkanes) is 5. The predicted octanol–water partition coefficient (Wildman–Crippen LogP) is 7.10. The third-order valence-corrected chi connectivity index (χ3v) is 24.5. The van der Waals surface area contributed by atoms with Crippen molar-refractivity contribution < 1.29 is 97.5 Å². The molecule has 4 unspecified atom stereocenters. The van der Waals surface area contributed by atoms with Crippen LogP contribution < -0.4 is 11.1 Å². The third-order valence-electron chi connectivity index (χ3n) is 24.5. The summed E-state index contributed by atoms with van der Waals surface area (Å²) in [7, 11) is 0. The second kappa shape index (κ2) is 47.1. The lowest BCUT2D eigenvalue weighted by molar-refractivity contribution is -0.152. The maximum atomic E-state index is 12.7. The van der Waals surface area contributed by atoms with Gasteiger partial charge in [0.2, 0.25) is 29.5 Å². The molecule has 28 heteroatoms. The van der Waals surface area contributed by atoms with E-state index in [0.29, 0.717) is 83.5 Å². The molecule has 0 bridgehead atoms. The molecule has 9 N–H and O–H groups in total. The summed E-state index contributed by atoms with van der Waals surface area (Å²) in [5.74, 6) is 2.17. The van der Waals surface area contributed by atoms with Crippen LogP contribution >= 0.6 is 12.4 Å². The zero-order chi connectivity index (χ0) is 78.4. The Kier molecular flexibility index (Phi) is 41.4. The summed E-state index contributed by atoms with van der Waals surface area (Å²) in [6.07, 6.45) is 24.9. The van der Waals surface area contributed by atoms with Gasteiger partial charge in [0.15, 0.2) is 0 Å². The van der Waals surface area contributed by atoms with Gasteiger partial charge in [0.25, 0.3) is 0 Å². The van der Waals surface area contributed by atoms with Crippen molar-refractivity contribution in [3.05, 3.63) is 11.6 Å². The molecule has 0 spiro atoms. The number of rotatable bonds is 25. The van der Waals surface area contributed by atoms with Crippen LogP contribution in [0, 0.1) is 46.3 Å². The number of ketones is 1. The van der Waals surface area contributed by atoms with Crippen LogP contribution in [0.1, 0.15) is 243 Å². The van der Waals surface area contributed by atoms with Crippen LogP contribution in [0.25, 0.3) is 0 Å². The number of carbonyl (C=O) groups is 10. The van der Waals surface area contributed by atoms with E-state index in [0.717, 1.165) is 68.7 Å². The summed E-state index contributed by atoms with van der Waals surface area (Å²) < 4.78 is 20.8. The van der Waals surface area contributed by atoms with Gasteiger partial charge in [-0.15, -0.1) is 12.4 Å². The summed E-state index contributed by atoms with van der Waals surface area (Å²) in [6, 6.07) is -0.768. The zero-order valence-corrected chi connectivity index (χ0v) is 67.0. The molecular weight excluding hydrogens is 1400 g/mol. The molecule has 3 saturated carbocycles. The molecule has 0 radical (unpaired) electrons. The number of β-amino-alcohol motifs (C(OH)–C–C–N with tert-alkyl or cyclic N) is 1. The Balaban J connectivity index is 0.000000314. The lowest BCUT2D eigenvalue weighted by Gasteiger charge is -2.58. The maximum Gasteiger partial charge on any atom is 0.407 e. The van der Waals surface area contributed by atoms with Gasteiger partial charge in [0.05, 0.1) is 94.7 Å². The Bertz CT molecular complexity index is 2750. The van der Waals surface area contributed by atoms with Gasteiger partial charge >= 0.3 is 24.0 Å². The van der Waals surface area contributed by atoms with Crippen LogP contribution in [0.3, 0.4) is 0 Å². The van der Waals surface area contributed by atoms with E-state index in [1.807, 2.05) is 39.5 Å². The van der Waals surface area contributed by atoms with Gasteiger partial charge < -0.3 is 89.9 Å². The van der Waals surface area contributed by atoms with Gasteiger partial charge in [0.1, 0.15) is 24.5 Å². The predicted molar refractivity (Wildman–Crippen MR) is 405 cm³/mol. The highest BCUT2D eigenvalue weighted by molar-refractivity contribution is 5.92. The standard InChI is InChI=1S/C37H62N2O5.C14H23NO4.C9H17NO2.C8H15NO3.C7H14N2O3.C4H4O3.ClH/c1-5-7-8-9-10-11-12-27-14-16-31-30-15-13-28-21-29(17-19-37(28,4)32(30)18-20-36(27,31)3)44-35(42)38-22-34(41)39-23-26(25-43-6-2)33(40)24-39;1-4-11-8-15(13(17)5-2)9-12(11)19-14(18)7-6-10(3)16;1-3-7-8(11)5-6-10(7)9(12)4-2;1-2-8(12)9-4-3-7(11)6(9)5-10;8-3-7(12)9-2-1-6(11)5(9)4-10;5-3-1-2-4(6)7-3;/h13,26-27,29-33,40H,5-12,14-25H2,1-4H3,(H,38,42);11-12H,4-9H2,1-3H3;7-8,11H,3-6H2,1-2H3;6-7,10-11H,2-5H2,1H3;5-6,10-11H,1-4,8H2;1-2H2;1H/t26-,27+,29?,30?,31?,32?,33-,36-,37+;11-,12+;7-,8-;6-,7-;5-,6-;;/m01000../s1. The summed E-state index contributed by atoms with van der Waals surface area (Å²) in [5, 5.41) is 58.9. The molecule has 0 aromatic carbocycles. The number of nitrogens with one attached hydrogen (secondary N) is 1. The Hall–Kier alpha value is -5.39. The first-order valence-electron chi connectivity index (χ1n) is 40.3. The largest absolute Gasteiger partial charge is 0.460 e. The van der Waals surface area contributed by atoms with Crippen molar-refractivity contribution in [2.24, 2.45) is 52.1 Å². The Morgan fingerprint density at radius 2 is 1.17 bits per heavy atom. The normalized spacial score (nSPS) is 30.8. The first-order chi connectivity index (χ1) is 50.6. The molecule has 6 saturated heterocycles. The number of carbonyl (C=O) groups excluding carboxylic acids is 10. The van der Waals surface area contributed by atoms with Gasteiger partial charge in [-0.1, -0.05) is 106 Å². The number of fused-ring (bicyclic) bond motifs is 5. The molecule has 6 aliphatic heterocycles. The van der Waals surface area contributed by atoms with Crippen LogP contribution in [-0.2, 0) is 62.1 Å². The topological polar surface area (TPSA) is 383 Å². The van der Waals surface area contributed by atoms with Crippen LogP contribution in [0.2, 0.25) is 0 Å². The van der Waals surface area contributed by atoms with Crippen LogP contribution in [0.5, 0.6) is 0 Å². The Morgan fingerprint density at radius 1 is 0.607 bits per heavy atom. The molecular formula is C79H136ClN7O20.